The van der Waals surface area contributed by atoms with Gasteiger partial charge in [0.05, 0.1) is 0 Å². The van der Waals surface area contributed by atoms with Gasteiger partial charge < -0.3 is 10.6 Å². The van der Waals surface area contributed by atoms with E-state index in [-0.39, 0.29) is 5.91 Å². The number of hydrogen-bond donors (Lipinski definition) is 2. The number of halogens is 1. The average Bonchev–Trinajstić information content (AvgIpc) is 2.54. The summed E-state index contributed by atoms with van der Waals surface area (Å²) in [5, 5.41) is 6.71. The monoisotopic (exact) mass is 314 g/mol. The predicted octanol–water partition coefficient (Wildman–Crippen LogP) is 4.22. The molecule has 114 valence electrons. The van der Waals surface area contributed by atoms with Crippen LogP contribution in [0.2, 0.25) is 5.02 Å². The topological polar surface area (TPSA) is 41.1 Å². The van der Waals surface area contributed by atoms with E-state index in [2.05, 4.69) is 10.6 Å². The molecular formula is C18H19ClN2O. The largest absolute Gasteiger partial charge is 0.383 e. The van der Waals surface area contributed by atoms with E-state index in [0.717, 1.165) is 11.3 Å². The van der Waals surface area contributed by atoms with Crippen LogP contribution in [0.1, 0.15) is 22.8 Å². The first kappa shape index (κ1) is 16.1. The summed E-state index contributed by atoms with van der Waals surface area (Å²) in [6, 6.07) is 15.2. The number of carbonyl (C=O) groups excluding carboxylic acids is 1. The van der Waals surface area contributed by atoms with Gasteiger partial charge in [0.15, 0.2) is 0 Å². The number of rotatable bonds is 6. The molecule has 0 aromatic heterocycles. The van der Waals surface area contributed by atoms with Gasteiger partial charge in [-0.25, -0.2) is 0 Å². The van der Waals surface area contributed by atoms with Gasteiger partial charge >= 0.3 is 0 Å². The Morgan fingerprint density at radius 1 is 1.14 bits per heavy atom. The zero-order valence-electron chi connectivity index (χ0n) is 12.5. The number of amides is 1. The van der Waals surface area contributed by atoms with Crippen LogP contribution >= 0.6 is 11.6 Å². The zero-order valence-corrected chi connectivity index (χ0v) is 13.2. The van der Waals surface area contributed by atoms with Crippen molar-refractivity contribution >= 4 is 29.3 Å². The van der Waals surface area contributed by atoms with Crippen molar-refractivity contribution in [2.75, 3.05) is 18.4 Å². The highest BCUT2D eigenvalue weighted by molar-refractivity contribution is 6.31. The van der Waals surface area contributed by atoms with Crippen LogP contribution in [0, 0.1) is 0 Å². The van der Waals surface area contributed by atoms with Crippen molar-refractivity contribution in [2.24, 2.45) is 0 Å². The molecule has 0 saturated heterocycles. The molecule has 0 radical (unpaired) electrons. The standard InChI is InChI=1S/C18H19ClN2O/c1-2-6-14-9-10-15(19)13-17(14)18(22)21-12-11-20-16-7-4-3-5-8-16/h2-10,13,20H,11-12H2,1H3,(H,21,22). The summed E-state index contributed by atoms with van der Waals surface area (Å²) >= 11 is 5.99. The minimum atomic E-state index is -0.120. The smallest absolute Gasteiger partial charge is 0.252 e. The van der Waals surface area contributed by atoms with E-state index >= 15 is 0 Å². The Morgan fingerprint density at radius 3 is 2.64 bits per heavy atom. The molecule has 0 fully saturated rings. The summed E-state index contributed by atoms with van der Waals surface area (Å²) in [5.41, 5.74) is 2.49. The molecule has 0 unspecified atom stereocenters. The third-order valence-electron chi connectivity index (χ3n) is 3.12. The number of anilines is 1. The van der Waals surface area contributed by atoms with Crippen molar-refractivity contribution in [3.63, 3.8) is 0 Å². The fourth-order valence-corrected chi connectivity index (χ4v) is 2.26. The molecule has 0 atom stereocenters. The third kappa shape index (κ3) is 4.64. The van der Waals surface area contributed by atoms with E-state index in [1.165, 1.54) is 0 Å². The maximum absolute atomic E-state index is 12.3. The molecule has 0 aliphatic heterocycles. The van der Waals surface area contributed by atoms with Gasteiger partial charge in [-0.2, -0.15) is 0 Å². The Kier molecular flexibility index (Phi) is 6.04. The van der Waals surface area contributed by atoms with Crippen molar-refractivity contribution in [1.82, 2.24) is 5.32 Å². The van der Waals surface area contributed by atoms with Crippen molar-refractivity contribution in [2.45, 2.75) is 6.92 Å². The lowest BCUT2D eigenvalue weighted by Gasteiger charge is -2.10. The average molecular weight is 315 g/mol. The Bertz CT molecular complexity index is 653. The van der Waals surface area contributed by atoms with E-state index in [9.17, 15) is 4.79 Å². The van der Waals surface area contributed by atoms with Crippen LogP contribution in [-0.2, 0) is 0 Å². The van der Waals surface area contributed by atoms with Gasteiger partial charge in [0.1, 0.15) is 0 Å². The molecule has 2 aromatic carbocycles. The van der Waals surface area contributed by atoms with Gasteiger partial charge in [-0.05, 0) is 36.8 Å². The van der Waals surface area contributed by atoms with Crippen LogP contribution in [0.5, 0.6) is 0 Å². The van der Waals surface area contributed by atoms with Gasteiger partial charge in [-0.3, -0.25) is 4.79 Å². The number of nitrogens with one attached hydrogen (secondary N) is 2. The molecule has 2 N–H and O–H groups in total. The molecule has 4 heteroatoms. The lowest BCUT2D eigenvalue weighted by atomic mass is 10.1. The second-order valence-corrected chi connectivity index (χ2v) is 5.22. The second-order valence-electron chi connectivity index (χ2n) is 4.78. The molecule has 0 spiro atoms. The van der Waals surface area contributed by atoms with Crippen LogP contribution in [-0.4, -0.2) is 19.0 Å². The Morgan fingerprint density at radius 2 is 1.91 bits per heavy atom. The minimum Gasteiger partial charge on any atom is -0.383 e. The Labute approximate surface area is 136 Å². The summed E-state index contributed by atoms with van der Waals surface area (Å²) in [6.45, 7) is 3.12. The SMILES string of the molecule is CC=Cc1ccc(Cl)cc1C(=O)NCCNc1ccccc1. The quantitative estimate of drug-likeness (QED) is 0.784. The molecule has 1 amide bonds. The predicted molar refractivity (Wildman–Crippen MR) is 93.4 cm³/mol. The fraction of sp³-hybridized carbons (Fsp3) is 0.167. The molecule has 0 bridgehead atoms. The Hall–Kier alpha value is -2.26. The van der Waals surface area contributed by atoms with Crippen molar-refractivity contribution < 1.29 is 4.79 Å². The van der Waals surface area contributed by atoms with Crippen LogP contribution in [0.15, 0.2) is 54.6 Å². The first-order valence-corrected chi connectivity index (χ1v) is 7.58. The molecule has 0 aliphatic carbocycles. The van der Waals surface area contributed by atoms with Crippen LogP contribution in [0.25, 0.3) is 6.08 Å². The zero-order chi connectivity index (χ0) is 15.8. The highest BCUT2D eigenvalue weighted by atomic mass is 35.5. The summed E-state index contributed by atoms with van der Waals surface area (Å²) in [6.07, 6.45) is 3.80. The van der Waals surface area contributed by atoms with Gasteiger partial charge in [-0.1, -0.05) is 48.0 Å². The van der Waals surface area contributed by atoms with E-state index in [0.29, 0.717) is 23.7 Å². The first-order valence-electron chi connectivity index (χ1n) is 7.20. The summed E-state index contributed by atoms with van der Waals surface area (Å²) in [7, 11) is 0. The van der Waals surface area contributed by atoms with Crippen LogP contribution in [0.3, 0.4) is 0 Å². The molecule has 0 heterocycles. The highest BCUT2D eigenvalue weighted by Crippen LogP contribution is 2.17. The number of allylic oxidation sites excluding steroid dienone is 1. The third-order valence-corrected chi connectivity index (χ3v) is 3.35. The first-order chi connectivity index (χ1) is 10.7. The Balaban J connectivity index is 1.91. The van der Waals surface area contributed by atoms with Gasteiger partial charge in [0.25, 0.3) is 5.91 Å². The molecule has 0 saturated carbocycles. The highest BCUT2D eigenvalue weighted by Gasteiger charge is 2.09. The van der Waals surface area contributed by atoms with Gasteiger partial charge in [0, 0.05) is 29.4 Å². The fourth-order valence-electron chi connectivity index (χ4n) is 2.08. The maximum atomic E-state index is 12.3. The second kappa shape index (κ2) is 8.25. The number of carbonyl (C=O) groups is 1. The van der Waals surface area contributed by atoms with Crippen molar-refractivity contribution in [3.05, 3.63) is 70.8 Å². The molecular weight excluding hydrogens is 296 g/mol. The van der Waals surface area contributed by atoms with Crippen molar-refractivity contribution in [1.29, 1.82) is 0 Å². The van der Waals surface area contributed by atoms with Gasteiger partial charge in [-0.15, -0.1) is 0 Å². The molecule has 2 aromatic rings. The van der Waals surface area contributed by atoms with E-state index in [4.69, 9.17) is 11.6 Å². The molecule has 2 rings (SSSR count). The number of benzene rings is 2. The maximum Gasteiger partial charge on any atom is 0.252 e. The van der Waals surface area contributed by atoms with E-state index in [1.807, 2.05) is 55.5 Å². The summed E-state index contributed by atoms with van der Waals surface area (Å²) in [4.78, 5) is 12.3. The lowest BCUT2D eigenvalue weighted by molar-refractivity contribution is 0.0955. The van der Waals surface area contributed by atoms with Gasteiger partial charge in [0.2, 0.25) is 0 Å². The number of hydrogen-bond acceptors (Lipinski definition) is 2. The normalized spacial score (nSPS) is 10.6. The minimum absolute atomic E-state index is 0.120. The van der Waals surface area contributed by atoms with Crippen LogP contribution in [0.4, 0.5) is 5.69 Å². The molecule has 22 heavy (non-hydrogen) atoms. The summed E-state index contributed by atoms with van der Waals surface area (Å²) in [5.74, 6) is -0.120. The molecule has 0 aliphatic rings. The molecule has 3 nitrogen and oxygen atoms in total. The number of para-hydroxylation sites is 1. The lowest BCUT2D eigenvalue weighted by Crippen LogP contribution is -2.29. The van der Waals surface area contributed by atoms with E-state index < -0.39 is 0 Å². The summed E-state index contributed by atoms with van der Waals surface area (Å²) < 4.78 is 0. The van der Waals surface area contributed by atoms with E-state index in [1.54, 1.807) is 12.1 Å². The van der Waals surface area contributed by atoms with Crippen LogP contribution < -0.4 is 10.6 Å². The van der Waals surface area contributed by atoms with Crippen molar-refractivity contribution in [3.8, 4) is 0 Å².